The Hall–Kier alpha value is -1.25. The van der Waals surface area contributed by atoms with E-state index in [1.54, 1.807) is 6.92 Å². The largest absolute Gasteiger partial charge is 0.365 e. The fraction of sp³-hybridized carbons (Fsp3) is 0.615. The number of hydrogen-bond acceptors (Lipinski definition) is 1. The van der Waals surface area contributed by atoms with E-state index in [1.807, 2.05) is 17.2 Å². The van der Waals surface area contributed by atoms with Gasteiger partial charge >= 0.3 is 0 Å². The van der Waals surface area contributed by atoms with Crippen LogP contribution in [0.3, 0.4) is 0 Å². The molecule has 0 aliphatic carbocycles. The topological polar surface area (TPSA) is 36.1 Å². The number of amides is 1. The molecule has 0 fully saturated rings. The highest BCUT2D eigenvalue weighted by molar-refractivity contribution is 5.73. The van der Waals surface area contributed by atoms with Crippen LogP contribution in [0.5, 0.6) is 0 Å². The lowest BCUT2D eigenvalue weighted by molar-refractivity contribution is -0.128. The van der Waals surface area contributed by atoms with Crippen LogP contribution in [0.25, 0.3) is 0 Å². The summed E-state index contributed by atoms with van der Waals surface area (Å²) in [7, 11) is 0. The lowest BCUT2D eigenvalue weighted by Crippen LogP contribution is -2.31. The van der Waals surface area contributed by atoms with Gasteiger partial charge in [0.1, 0.15) is 0 Å². The maximum atomic E-state index is 11.4. The minimum atomic E-state index is 0.183. The van der Waals surface area contributed by atoms with Gasteiger partial charge in [-0.15, -0.1) is 0 Å². The summed E-state index contributed by atoms with van der Waals surface area (Å²) < 4.78 is 0. The monoisotopic (exact) mass is 222 g/mol. The van der Waals surface area contributed by atoms with Crippen molar-refractivity contribution in [3.63, 3.8) is 0 Å². The van der Waals surface area contributed by atoms with E-state index in [4.69, 9.17) is 0 Å². The van der Waals surface area contributed by atoms with Gasteiger partial charge in [0.15, 0.2) is 0 Å². The molecular weight excluding hydrogens is 200 g/mol. The number of nitrogens with one attached hydrogen (secondary N) is 1. The van der Waals surface area contributed by atoms with Crippen LogP contribution in [-0.2, 0) is 11.2 Å². The molecule has 0 aliphatic rings. The van der Waals surface area contributed by atoms with Gasteiger partial charge in [-0.1, -0.05) is 19.8 Å². The van der Waals surface area contributed by atoms with Crippen molar-refractivity contribution >= 4 is 5.91 Å². The second-order valence-corrected chi connectivity index (χ2v) is 4.16. The molecule has 0 bridgehead atoms. The number of aromatic amines is 1. The molecule has 0 radical (unpaired) electrons. The number of H-pyrrole nitrogens is 1. The molecule has 0 saturated carbocycles. The van der Waals surface area contributed by atoms with Crippen LogP contribution in [0.4, 0.5) is 0 Å². The molecule has 1 aromatic heterocycles. The molecule has 1 N–H and O–H groups in total. The summed E-state index contributed by atoms with van der Waals surface area (Å²) in [5.74, 6) is 0.183. The van der Waals surface area contributed by atoms with E-state index in [2.05, 4.69) is 18.0 Å². The van der Waals surface area contributed by atoms with Crippen molar-refractivity contribution in [1.82, 2.24) is 9.88 Å². The van der Waals surface area contributed by atoms with Gasteiger partial charge in [0.2, 0.25) is 5.91 Å². The third-order valence-electron chi connectivity index (χ3n) is 2.79. The summed E-state index contributed by atoms with van der Waals surface area (Å²) in [4.78, 5) is 16.5. The van der Waals surface area contributed by atoms with E-state index < -0.39 is 0 Å². The molecule has 0 atom stereocenters. The zero-order chi connectivity index (χ0) is 11.8. The van der Waals surface area contributed by atoms with Gasteiger partial charge in [0.05, 0.1) is 0 Å². The second kappa shape index (κ2) is 7.09. The summed E-state index contributed by atoms with van der Waals surface area (Å²) in [6, 6.07) is 4.05. The lowest BCUT2D eigenvalue weighted by atomic mass is 10.2. The Kier molecular flexibility index (Phi) is 5.68. The van der Waals surface area contributed by atoms with Crippen LogP contribution in [0.2, 0.25) is 0 Å². The summed E-state index contributed by atoms with van der Waals surface area (Å²) in [6.07, 6.45) is 6.35. The first-order valence-electron chi connectivity index (χ1n) is 6.11. The molecule has 90 valence electrons. The Bertz CT molecular complexity index is 293. The van der Waals surface area contributed by atoms with Crippen LogP contribution >= 0.6 is 0 Å². The Morgan fingerprint density at radius 3 is 2.75 bits per heavy atom. The fourth-order valence-corrected chi connectivity index (χ4v) is 1.76. The van der Waals surface area contributed by atoms with E-state index in [-0.39, 0.29) is 5.91 Å². The number of nitrogens with zero attached hydrogens (tertiary/aromatic N) is 1. The average Bonchev–Trinajstić information content (AvgIpc) is 2.75. The van der Waals surface area contributed by atoms with Crippen LogP contribution in [0, 0.1) is 0 Å². The summed E-state index contributed by atoms with van der Waals surface area (Å²) in [5, 5.41) is 0. The number of carbonyl (C=O) groups excluding carboxylic acids is 1. The maximum Gasteiger partial charge on any atom is 0.219 e. The molecular formula is C13H22N2O. The zero-order valence-corrected chi connectivity index (χ0v) is 10.3. The van der Waals surface area contributed by atoms with E-state index in [1.165, 1.54) is 18.5 Å². The van der Waals surface area contributed by atoms with Crippen LogP contribution < -0.4 is 0 Å². The Morgan fingerprint density at radius 2 is 2.19 bits per heavy atom. The molecule has 3 heteroatoms. The molecule has 1 rings (SSSR count). The van der Waals surface area contributed by atoms with Gasteiger partial charge < -0.3 is 9.88 Å². The predicted molar refractivity (Wildman–Crippen MR) is 66.3 cm³/mol. The van der Waals surface area contributed by atoms with E-state index >= 15 is 0 Å². The number of rotatable bonds is 7. The molecule has 1 heterocycles. The molecule has 0 saturated heterocycles. The van der Waals surface area contributed by atoms with Crippen molar-refractivity contribution < 1.29 is 4.79 Å². The molecule has 0 aromatic carbocycles. The summed E-state index contributed by atoms with van der Waals surface area (Å²) >= 11 is 0. The van der Waals surface area contributed by atoms with E-state index in [0.29, 0.717) is 0 Å². The minimum Gasteiger partial charge on any atom is -0.365 e. The first-order chi connectivity index (χ1) is 7.74. The number of aromatic nitrogens is 1. The Morgan fingerprint density at radius 1 is 1.38 bits per heavy atom. The van der Waals surface area contributed by atoms with Gasteiger partial charge in [0.25, 0.3) is 0 Å². The molecule has 0 spiro atoms. The maximum absolute atomic E-state index is 11.4. The standard InChI is InChI=1S/C13H22N2O/c1-3-4-5-10-15(12(2)16)11-8-13-7-6-9-14-13/h6-7,9,14H,3-5,8,10-11H2,1-2H3. The van der Waals surface area contributed by atoms with Crippen molar-refractivity contribution in [3.8, 4) is 0 Å². The third kappa shape index (κ3) is 4.51. The van der Waals surface area contributed by atoms with Crippen LogP contribution in [0.15, 0.2) is 18.3 Å². The van der Waals surface area contributed by atoms with E-state index in [9.17, 15) is 4.79 Å². The average molecular weight is 222 g/mol. The van der Waals surface area contributed by atoms with Gasteiger partial charge in [-0.2, -0.15) is 0 Å². The summed E-state index contributed by atoms with van der Waals surface area (Å²) in [5.41, 5.74) is 1.20. The molecule has 1 aromatic rings. The highest BCUT2D eigenvalue weighted by atomic mass is 16.2. The Labute approximate surface area is 97.8 Å². The van der Waals surface area contributed by atoms with Crippen molar-refractivity contribution in [2.75, 3.05) is 13.1 Å². The lowest BCUT2D eigenvalue weighted by Gasteiger charge is -2.20. The highest BCUT2D eigenvalue weighted by Crippen LogP contribution is 2.02. The molecule has 0 unspecified atom stereocenters. The Balaban J connectivity index is 2.30. The molecule has 16 heavy (non-hydrogen) atoms. The van der Waals surface area contributed by atoms with Crippen molar-refractivity contribution in [2.24, 2.45) is 0 Å². The fourth-order valence-electron chi connectivity index (χ4n) is 1.76. The van der Waals surface area contributed by atoms with Gasteiger partial charge in [0, 0.05) is 38.3 Å². The molecule has 3 nitrogen and oxygen atoms in total. The summed E-state index contributed by atoms with van der Waals surface area (Å²) in [6.45, 7) is 5.54. The van der Waals surface area contributed by atoms with Gasteiger partial charge in [-0.05, 0) is 18.6 Å². The quantitative estimate of drug-likeness (QED) is 0.707. The molecule has 0 aliphatic heterocycles. The van der Waals surface area contributed by atoms with Crippen molar-refractivity contribution in [3.05, 3.63) is 24.0 Å². The third-order valence-corrected chi connectivity index (χ3v) is 2.79. The van der Waals surface area contributed by atoms with Gasteiger partial charge in [-0.25, -0.2) is 0 Å². The number of unbranched alkanes of at least 4 members (excludes halogenated alkanes) is 2. The highest BCUT2D eigenvalue weighted by Gasteiger charge is 2.07. The first-order valence-corrected chi connectivity index (χ1v) is 6.11. The normalized spacial score (nSPS) is 10.4. The molecule has 1 amide bonds. The SMILES string of the molecule is CCCCCN(CCc1ccc[nH]1)C(C)=O. The van der Waals surface area contributed by atoms with Crippen LogP contribution in [-0.4, -0.2) is 28.9 Å². The first kappa shape index (κ1) is 12.8. The minimum absolute atomic E-state index is 0.183. The van der Waals surface area contributed by atoms with Crippen molar-refractivity contribution in [2.45, 2.75) is 39.5 Å². The van der Waals surface area contributed by atoms with Gasteiger partial charge in [-0.3, -0.25) is 4.79 Å². The van der Waals surface area contributed by atoms with Crippen molar-refractivity contribution in [1.29, 1.82) is 0 Å². The zero-order valence-electron chi connectivity index (χ0n) is 10.3. The predicted octanol–water partition coefficient (Wildman–Crippen LogP) is 2.60. The second-order valence-electron chi connectivity index (χ2n) is 4.16. The van der Waals surface area contributed by atoms with E-state index in [0.717, 1.165) is 25.9 Å². The number of carbonyl (C=O) groups is 1. The smallest absolute Gasteiger partial charge is 0.219 e. The number of hydrogen-bond donors (Lipinski definition) is 1. The van der Waals surface area contributed by atoms with Crippen LogP contribution in [0.1, 0.15) is 38.8 Å².